The largest absolute Gasteiger partial charge is 0.481 e. The summed E-state index contributed by atoms with van der Waals surface area (Å²) in [4.78, 5) is 40.1. The molecule has 0 aromatic heterocycles. The third-order valence-electron chi connectivity index (χ3n) is 1.68. The van der Waals surface area contributed by atoms with Crippen LogP contribution in [0.1, 0.15) is 0 Å². The average Bonchev–Trinajstić information content (AvgIpc) is 2.38. The number of rotatable bonds is 10. The van der Waals surface area contributed by atoms with Crippen molar-refractivity contribution < 1.29 is 39.6 Å². The van der Waals surface area contributed by atoms with Crippen molar-refractivity contribution in [3.05, 3.63) is 0 Å². The fourth-order valence-electron chi connectivity index (χ4n) is 0.689. The molecule has 8 N–H and O–H groups in total. The predicted molar refractivity (Wildman–Crippen MR) is 81.1 cm³/mol. The molecule has 0 aromatic carbocycles. The van der Waals surface area contributed by atoms with Crippen molar-refractivity contribution in [3.63, 3.8) is 0 Å². The van der Waals surface area contributed by atoms with Crippen molar-refractivity contribution in [2.75, 3.05) is 23.0 Å². The van der Waals surface area contributed by atoms with Crippen LogP contribution in [0.5, 0.6) is 0 Å². The van der Waals surface area contributed by atoms with Crippen molar-refractivity contribution in [1.82, 2.24) is 0 Å². The second-order valence-electron chi connectivity index (χ2n) is 3.71. The fourth-order valence-corrected chi connectivity index (χ4v) is 2.07. The first-order chi connectivity index (χ1) is 10.1. The average molecular weight is 358 g/mol. The van der Waals surface area contributed by atoms with E-state index in [2.05, 4.69) is 0 Å². The summed E-state index contributed by atoms with van der Waals surface area (Å²) in [6.07, 6.45) is 0. The summed E-state index contributed by atoms with van der Waals surface area (Å²) in [5.41, 5.74) is 10.2. The van der Waals surface area contributed by atoms with E-state index in [9.17, 15) is 19.2 Å². The molecule has 0 fully saturated rings. The van der Waals surface area contributed by atoms with Gasteiger partial charge in [0.2, 0.25) is 0 Å². The maximum Gasteiger partial charge on any atom is 0.321 e. The van der Waals surface area contributed by atoms with Gasteiger partial charge in [0.1, 0.15) is 12.1 Å². The van der Waals surface area contributed by atoms with Gasteiger partial charge in [-0.3, -0.25) is 19.2 Å². The highest BCUT2D eigenvalue weighted by Gasteiger charge is 2.12. The lowest BCUT2D eigenvalue weighted by atomic mass is 10.4. The van der Waals surface area contributed by atoms with Crippen LogP contribution < -0.4 is 11.5 Å². The van der Waals surface area contributed by atoms with Gasteiger partial charge in [-0.2, -0.15) is 0 Å². The normalized spacial score (nSPS) is 12.5. The lowest BCUT2D eigenvalue weighted by Gasteiger charge is -2.02. The van der Waals surface area contributed by atoms with Gasteiger partial charge in [0.15, 0.2) is 0 Å². The number of aliphatic carboxylic acids is 4. The minimum atomic E-state index is -1.11. The molecular formula is C10H18N2O8S2. The van der Waals surface area contributed by atoms with E-state index in [1.165, 1.54) is 0 Å². The Kier molecular flexibility index (Phi) is 13.6. The van der Waals surface area contributed by atoms with E-state index in [0.717, 1.165) is 23.5 Å². The van der Waals surface area contributed by atoms with Crippen LogP contribution in [0, 0.1) is 0 Å². The molecule has 0 heterocycles. The van der Waals surface area contributed by atoms with Gasteiger partial charge in [-0.25, -0.2) is 0 Å². The predicted octanol–water partition coefficient (Wildman–Crippen LogP) is -1.57. The molecule has 2 atom stereocenters. The monoisotopic (exact) mass is 358 g/mol. The molecule has 0 saturated carbocycles. The van der Waals surface area contributed by atoms with Gasteiger partial charge in [-0.1, -0.05) is 0 Å². The highest BCUT2D eigenvalue weighted by molar-refractivity contribution is 8.00. The highest BCUT2D eigenvalue weighted by atomic mass is 32.2. The molecule has 0 bridgehead atoms. The van der Waals surface area contributed by atoms with Gasteiger partial charge in [0.25, 0.3) is 0 Å². The Balaban J connectivity index is 0. The zero-order valence-corrected chi connectivity index (χ0v) is 13.0. The first kappa shape index (κ1) is 22.8. The summed E-state index contributed by atoms with van der Waals surface area (Å²) in [6.45, 7) is 0. The summed E-state index contributed by atoms with van der Waals surface area (Å²) in [7, 11) is 0. The van der Waals surface area contributed by atoms with Crippen LogP contribution in [-0.2, 0) is 19.2 Å². The molecule has 0 aliphatic carbocycles. The van der Waals surface area contributed by atoms with Gasteiger partial charge in [0.05, 0.1) is 11.5 Å². The van der Waals surface area contributed by atoms with Crippen LogP contribution in [0.2, 0.25) is 0 Å². The zero-order chi connectivity index (χ0) is 17.7. The van der Waals surface area contributed by atoms with E-state index in [-0.39, 0.29) is 23.0 Å². The lowest BCUT2D eigenvalue weighted by Crippen LogP contribution is -2.32. The molecule has 10 nitrogen and oxygen atoms in total. The maximum absolute atomic E-state index is 10.1. The number of carboxylic acid groups (broad SMARTS) is 4. The summed E-state index contributed by atoms with van der Waals surface area (Å²) >= 11 is 1.98. The second-order valence-corrected chi connectivity index (χ2v) is 5.77. The van der Waals surface area contributed by atoms with Crippen LogP contribution in [0.3, 0.4) is 0 Å². The third kappa shape index (κ3) is 16.6. The van der Waals surface area contributed by atoms with E-state index in [4.69, 9.17) is 31.9 Å². The Labute approximate surface area is 134 Å². The Morgan fingerprint density at radius 1 is 0.727 bits per heavy atom. The van der Waals surface area contributed by atoms with E-state index in [1.54, 1.807) is 0 Å². The SMILES string of the molecule is N[C@@H](CSCC(=O)O)C(=O)O.N[C@@H](CSCC(=O)O)C(=O)O. The Morgan fingerprint density at radius 2 is 1.00 bits per heavy atom. The number of nitrogens with two attached hydrogens (primary N) is 2. The van der Waals surface area contributed by atoms with Crippen LogP contribution >= 0.6 is 23.5 Å². The third-order valence-corrected chi connectivity index (χ3v) is 3.77. The molecule has 12 heteroatoms. The molecule has 0 unspecified atom stereocenters. The van der Waals surface area contributed by atoms with E-state index in [0.29, 0.717) is 0 Å². The molecule has 22 heavy (non-hydrogen) atoms. The van der Waals surface area contributed by atoms with Crippen LogP contribution in [-0.4, -0.2) is 79.4 Å². The minimum Gasteiger partial charge on any atom is -0.481 e. The van der Waals surface area contributed by atoms with Crippen molar-refractivity contribution in [2.24, 2.45) is 11.5 Å². The Bertz CT molecular complexity index is 357. The number of hydrogen-bond acceptors (Lipinski definition) is 8. The summed E-state index contributed by atoms with van der Waals surface area (Å²) in [6, 6.07) is -1.95. The first-order valence-electron chi connectivity index (χ1n) is 5.63. The zero-order valence-electron chi connectivity index (χ0n) is 11.4. The van der Waals surface area contributed by atoms with Crippen LogP contribution in [0.25, 0.3) is 0 Å². The summed E-state index contributed by atoms with van der Waals surface area (Å²) < 4.78 is 0. The standard InChI is InChI=1S/2C5H9NO4S/c2*6-3(5(9)10)1-11-2-4(7)8/h2*3H,1-2,6H2,(H,7,8)(H,9,10)/t2*3-/m00/s1. The molecule has 128 valence electrons. The van der Waals surface area contributed by atoms with Crippen molar-refractivity contribution in [3.8, 4) is 0 Å². The molecule has 0 spiro atoms. The maximum atomic E-state index is 10.1. The Hall–Kier alpha value is -1.50. The molecule has 0 amide bonds. The van der Waals surface area contributed by atoms with Crippen LogP contribution in [0.15, 0.2) is 0 Å². The molecule has 0 radical (unpaired) electrons. The molecule has 0 aliphatic heterocycles. The molecule has 0 saturated heterocycles. The van der Waals surface area contributed by atoms with Crippen molar-refractivity contribution >= 4 is 47.4 Å². The molecule has 0 rings (SSSR count). The number of carbonyl (C=O) groups is 4. The number of carboxylic acids is 4. The van der Waals surface area contributed by atoms with Crippen LogP contribution in [0.4, 0.5) is 0 Å². The Morgan fingerprint density at radius 3 is 1.18 bits per heavy atom. The van der Waals surface area contributed by atoms with Gasteiger partial charge in [-0.05, 0) is 0 Å². The lowest BCUT2D eigenvalue weighted by molar-refractivity contribution is -0.138. The van der Waals surface area contributed by atoms with Gasteiger partial charge in [-0.15, -0.1) is 23.5 Å². The minimum absolute atomic E-state index is 0.110. The quantitative estimate of drug-likeness (QED) is 0.262. The molecular weight excluding hydrogens is 340 g/mol. The number of hydrogen-bond donors (Lipinski definition) is 6. The van der Waals surface area contributed by atoms with E-state index < -0.39 is 36.0 Å². The van der Waals surface area contributed by atoms with Crippen molar-refractivity contribution in [1.29, 1.82) is 0 Å². The van der Waals surface area contributed by atoms with Gasteiger partial charge >= 0.3 is 23.9 Å². The van der Waals surface area contributed by atoms with E-state index >= 15 is 0 Å². The first-order valence-corrected chi connectivity index (χ1v) is 7.94. The second kappa shape index (κ2) is 13.2. The highest BCUT2D eigenvalue weighted by Crippen LogP contribution is 2.01. The molecule has 0 aliphatic rings. The summed E-state index contributed by atoms with van der Waals surface area (Å²) in [5, 5.41) is 32.8. The molecule has 0 aromatic rings. The van der Waals surface area contributed by atoms with Gasteiger partial charge < -0.3 is 31.9 Å². The summed E-state index contributed by atoms with van der Waals surface area (Å²) in [5.74, 6) is -4.11. The van der Waals surface area contributed by atoms with E-state index in [1.807, 2.05) is 0 Å². The number of thioether (sulfide) groups is 2. The topological polar surface area (TPSA) is 201 Å². The fraction of sp³-hybridized carbons (Fsp3) is 0.600. The van der Waals surface area contributed by atoms with Crippen molar-refractivity contribution in [2.45, 2.75) is 12.1 Å². The smallest absolute Gasteiger partial charge is 0.321 e. The van der Waals surface area contributed by atoms with Gasteiger partial charge in [0, 0.05) is 11.5 Å².